The predicted octanol–water partition coefficient (Wildman–Crippen LogP) is 2.29. The Morgan fingerprint density at radius 2 is 1.90 bits per heavy atom. The molecule has 0 aliphatic carbocycles. The van der Waals surface area contributed by atoms with Crippen LogP contribution in [0, 0.1) is 13.8 Å². The highest BCUT2D eigenvalue weighted by atomic mass is 32.2. The van der Waals surface area contributed by atoms with E-state index in [0.717, 1.165) is 5.56 Å². The molecule has 0 fully saturated rings. The van der Waals surface area contributed by atoms with Crippen LogP contribution in [0.2, 0.25) is 0 Å². The second-order valence-electron chi connectivity index (χ2n) is 4.43. The number of nitrogens with two attached hydrogens (primary N) is 1. The number of hydrogen-bond acceptors (Lipinski definition) is 4. The van der Waals surface area contributed by atoms with Crippen molar-refractivity contribution in [3.63, 3.8) is 0 Å². The summed E-state index contributed by atoms with van der Waals surface area (Å²) in [5.41, 5.74) is 3.12. The molecule has 0 aliphatic rings. The van der Waals surface area contributed by atoms with Gasteiger partial charge in [-0.15, -0.1) is 0 Å². The summed E-state index contributed by atoms with van der Waals surface area (Å²) in [6, 6.07) is 3.23. The van der Waals surface area contributed by atoms with Crippen molar-refractivity contribution in [2.45, 2.75) is 30.8 Å². The third kappa shape index (κ3) is 5.50. The number of thioether (sulfide) groups is 1. The van der Waals surface area contributed by atoms with Crippen LogP contribution in [0.15, 0.2) is 17.0 Å². The zero-order valence-corrected chi connectivity index (χ0v) is 13.3. The minimum Gasteiger partial charge on any atom is -0.326 e. The number of benzene rings is 1. The molecule has 0 saturated carbocycles. The molecule has 0 amide bonds. The summed E-state index contributed by atoms with van der Waals surface area (Å²) < 4.78 is 62.4. The van der Waals surface area contributed by atoms with Crippen molar-refractivity contribution in [2.75, 3.05) is 12.3 Å². The van der Waals surface area contributed by atoms with Crippen LogP contribution in [0.25, 0.3) is 0 Å². The molecule has 9 heteroatoms. The van der Waals surface area contributed by atoms with Crippen LogP contribution in [0.1, 0.15) is 16.7 Å². The molecule has 3 N–H and O–H groups in total. The van der Waals surface area contributed by atoms with Crippen LogP contribution >= 0.6 is 11.8 Å². The van der Waals surface area contributed by atoms with E-state index in [1.807, 2.05) is 0 Å². The zero-order chi connectivity index (χ0) is 16.3. The first kappa shape index (κ1) is 18.3. The van der Waals surface area contributed by atoms with Crippen LogP contribution in [0.3, 0.4) is 0 Å². The van der Waals surface area contributed by atoms with Crippen LogP contribution in [-0.4, -0.2) is 26.2 Å². The fourth-order valence-electron chi connectivity index (χ4n) is 1.72. The Bertz CT molecular complexity index is 601. The second-order valence-corrected chi connectivity index (χ2v) is 7.33. The van der Waals surface area contributed by atoms with Crippen molar-refractivity contribution in [3.05, 3.63) is 28.8 Å². The van der Waals surface area contributed by atoms with Crippen molar-refractivity contribution >= 4 is 21.8 Å². The molecule has 0 unspecified atom stereocenters. The predicted molar refractivity (Wildman–Crippen MR) is 77.5 cm³/mol. The van der Waals surface area contributed by atoms with Crippen LogP contribution < -0.4 is 10.5 Å². The number of nitrogens with one attached hydrogen (secondary N) is 1. The van der Waals surface area contributed by atoms with E-state index < -0.39 is 15.5 Å². The molecule has 0 aliphatic heterocycles. The van der Waals surface area contributed by atoms with Gasteiger partial charge in [-0.05, 0) is 48.4 Å². The maximum atomic E-state index is 12.2. The Labute approximate surface area is 126 Å². The third-order valence-corrected chi connectivity index (χ3v) is 5.19. The number of hydrogen-bond donors (Lipinski definition) is 2. The summed E-state index contributed by atoms with van der Waals surface area (Å²) in [6.45, 7) is 3.30. The fraction of sp³-hybridized carbons (Fsp3) is 0.500. The second kappa shape index (κ2) is 6.99. The SMILES string of the molecule is Cc1cc(CN)cc(S(=O)(=O)NCCSC(F)(F)F)c1C. The first-order chi connectivity index (χ1) is 9.57. The standard InChI is InChI=1S/C12H17F3N2O2S2/c1-8-5-10(7-16)6-11(9(8)2)21(18,19)17-3-4-20-12(13,14)15/h5-6,17H,3-4,7,16H2,1-2H3. The highest BCUT2D eigenvalue weighted by molar-refractivity contribution is 8.00. The minimum atomic E-state index is -4.36. The Hall–Kier alpha value is -0.770. The smallest absolute Gasteiger partial charge is 0.326 e. The molecule has 1 rings (SSSR count). The largest absolute Gasteiger partial charge is 0.441 e. The number of aryl methyl sites for hydroxylation is 1. The molecule has 1 aromatic rings. The molecule has 0 bridgehead atoms. The van der Waals surface area contributed by atoms with Crippen LogP contribution in [-0.2, 0) is 16.6 Å². The van der Waals surface area contributed by atoms with Gasteiger partial charge < -0.3 is 5.73 Å². The summed E-state index contributed by atoms with van der Waals surface area (Å²) in [4.78, 5) is 0.0555. The van der Waals surface area contributed by atoms with Crippen LogP contribution in [0.5, 0.6) is 0 Å². The average molecular weight is 342 g/mol. The number of rotatable bonds is 6. The maximum Gasteiger partial charge on any atom is 0.441 e. The molecular weight excluding hydrogens is 325 g/mol. The molecule has 21 heavy (non-hydrogen) atoms. The fourth-order valence-corrected chi connectivity index (χ4v) is 3.68. The maximum absolute atomic E-state index is 12.2. The highest BCUT2D eigenvalue weighted by Crippen LogP contribution is 2.29. The lowest BCUT2D eigenvalue weighted by Gasteiger charge is -2.13. The van der Waals surface area contributed by atoms with Gasteiger partial charge >= 0.3 is 5.51 Å². The molecule has 4 nitrogen and oxygen atoms in total. The number of alkyl halides is 3. The van der Waals surface area contributed by atoms with Gasteiger partial charge in [0.25, 0.3) is 0 Å². The van der Waals surface area contributed by atoms with E-state index in [9.17, 15) is 21.6 Å². The van der Waals surface area contributed by atoms with Gasteiger partial charge in [-0.1, -0.05) is 6.07 Å². The quantitative estimate of drug-likeness (QED) is 0.778. The van der Waals surface area contributed by atoms with Crippen molar-refractivity contribution < 1.29 is 21.6 Å². The first-order valence-electron chi connectivity index (χ1n) is 6.07. The van der Waals surface area contributed by atoms with E-state index in [1.54, 1.807) is 19.9 Å². The molecule has 0 saturated heterocycles. The Morgan fingerprint density at radius 3 is 2.43 bits per heavy atom. The summed E-state index contributed by atoms with van der Waals surface area (Å²) in [5.74, 6) is -0.378. The van der Waals surface area contributed by atoms with E-state index in [0.29, 0.717) is 11.1 Å². The van der Waals surface area contributed by atoms with Gasteiger partial charge in [-0.2, -0.15) is 13.2 Å². The molecular formula is C12H17F3N2O2S2. The molecule has 0 aromatic heterocycles. The Morgan fingerprint density at radius 1 is 1.29 bits per heavy atom. The van der Waals surface area contributed by atoms with Crippen molar-refractivity contribution in [3.8, 4) is 0 Å². The minimum absolute atomic E-state index is 0.0555. The van der Waals surface area contributed by atoms with E-state index in [4.69, 9.17) is 5.73 Å². The molecule has 0 atom stereocenters. The Kier molecular flexibility index (Phi) is 6.09. The topological polar surface area (TPSA) is 72.2 Å². The molecule has 0 spiro atoms. The monoisotopic (exact) mass is 342 g/mol. The zero-order valence-electron chi connectivity index (χ0n) is 11.6. The van der Waals surface area contributed by atoms with Gasteiger partial charge in [0.15, 0.2) is 0 Å². The first-order valence-corrected chi connectivity index (χ1v) is 8.54. The van der Waals surface area contributed by atoms with Gasteiger partial charge in [0.05, 0.1) is 4.90 Å². The van der Waals surface area contributed by atoms with E-state index in [-0.39, 0.29) is 35.5 Å². The summed E-state index contributed by atoms with van der Waals surface area (Å²) in [6.07, 6.45) is 0. The average Bonchev–Trinajstić information content (AvgIpc) is 2.36. The lowest BCUT2D eigenvalue weighted by Crippen LogP contribution is -2.27. The number of sulfonamides is 1. The summed E-state index contributed by atoms with van der Waals surface area (Å²) in [5, 5.41) is 0. The summed E-state index contributed by atoms with van der Waals surface area (Å²) >= 11 is -0.262. The van der Waals surface area contributed by atoms with E-state index in [1.165, 1.54) is 6.07 Å². The van der Waals surface area contributed by atoms with Gasteiger partial charge in [-0.3, -0.25) is 0 Å². The molecule has 0 radical (unpaired) electrons. The van der Waals surface area contributed by atoms with E-state index in [2.05, 4.69) is 4.72 Å². The normalized spacial score (nSPS) is 12.7. The van der Waals surface area contributed by atoms with Crippen molar-refractivity contribution in [2.24, 2.45) is 5.73 Å². The number of halogens is 3. The third-order valence-electron chi connectivity index (χ3n) is 2.86. The van der Waals surface area contributed by atoms with Gasteiger partial charge in [-0.25, -0.2) is 13.1 Å². The van der Waals surface area contributed by atoms with Crippen molar-refractivity contribution in [1.82, 2.24) is 4.72 Å². The molecule has 120 valence electrons. The van der Waals surface area contributed by atoms with Gasteiger partial charge in [0.1, 0.15) is 0 Å². The lowest BCUT2D eigenvalue weighted by atomic mass is 10.1. The lowest BCUT2D eigenvalue weighted by molar-refractivity contribution is -0.0327. The van der Waals surface area contributed by atoms with Gasteiger partial charge in [0, 0.05) is 18.8 Å². The summed E-state index contributed by atoms with van der Waals surface area (Å²) in [7, 11) is -3.85. The molecule has 1 aromatic carbocycles. The van der Waals surface area contributed by atoms with Crippen molar-refractivity contribution in [1.29, 1.82) is 0 Å². The highest BCUT2D eigenvalue weighted by Gasteiger charge is 2.28. The molecule has 0 heterocycles. The van der Waals surface area contributed by atoms with E-state index >= 15 is 0 Å². The van der Waals surface area contributed by atoms with Gasteiger partial charge in [0.2, 0.25) is 10.0 Å². The van der Waals surface area contributed by atoms with Crippen LogP contribution in [0.4, 0.5) is 13.2 Å². The Balaban J connectivity index is 2.86.